The number of hydrogen-bond donors (Lipinski definition) is 1. The first-order valence-electron chi connectivity index (χ1n) is 16.8. The number of aromatic amines is 1. The Labute approximate surface area is 289 Å². The average molecular weight is 640 g/mol. The number of benzene rings is 6. The van der Waals surface area contributed by atoms with Crippen molar-refractivity contribution in [2.45, 2.75) is 0 Å². The number of rotatable bonds is 3. The first-order chi connectivity index (χ1) is 24.8. The maximum absolute atomic E-state index is 5.40. The highest BCUT2D eigenvalue weighted by Gasteiger charge is 2.22. The zero-order valence-corrected chi connectivity index (χ0v) is 27.0. The fourth-order valence-corrected chi connectivity index (χ4v) is 7.25. The zero-order valence-electron chi connectivity index (χ0n) is 27.0. The molecule has 0 amide bonds. The SMILES string of the molecule is c1ccc(-c2cc3nc(n2)-c2cccc4c2[nH]c2c(cccc24)-c2cccc(n2)N(c2ccccc2-c2ccccc2)c2cccc-3c2)cc1. The van der Waals surface area contributed by atoms with Crippen LogP contribution >= 0.6 is 0 Å². The molecule has 6 aromatic carbocycles. The molecular weight excluding hydrogens is 611 g/mol. The van der Waals surface area contributed by atoms with Gasteiger partial charge in [-0.15, -0.1) is 0 Å². The van der Waals surface area contributed by atoms with Gasteiger partial charge in [-0.3, -0.25) is 4.90 Å². The van der Waals surface area contributed by atoms with E-state index >= 15 is 0 Å². The van der Waals surface area contributed by atoms with Crippen LogP contribution in [0.2, 0.25) is 0 Å². The van der Waals surface area contributed by atoms with Gasteiger partial charge in [0, 0.05) is 44.3 Å². The van der Waals surface area contributed by atoms with Crippen molar-refractivity contribution in [1.82, 2.24) is 19.9 Å². The maximum Gasteiger partial charge on any atom is 0.162 e. The predicted molar refractivity (Wildman–Crippen MR) is 205 cm³/mol. The van der Waals surface area contributed by atoms with Gasteiger partial charge >= 0.3 is 0 Å². The molecule has 1 aliphatic heterocycles. The van der Waals surface area contributed by atoms with Gasteiger partial charge in [0.05, 0.1) is 33.8 Å². The standard InChI is InChI=1S/C45H29N5/c1-3-13-29(14-4-1)33-19-7-8-25-41(33)50-32-18-9-17-31(27-32)40-28-39(30-15-5-2-6-16-30)47-45(48-40)37-23-11-21-35-34-20-10-22-36(43(34)49-44(35)37)38-24-12-26-42(50)46-38/h1-28,49H. The Hall–Kier alpha value is -6.85. The summed E-state index contributed by atoms with van der Waals surface area (Å²) in [6.45, 7) is 0. The van der Waals surface area contributed by atoms with Crippen LogP contribution in [0.4, 0.5) is 17.2 Å². The Bertz CT molecular complexity index is 2710. The highest BCUT2D eigenvalue weighted by Crippen LogP contribution is 2.43. The van der Waals surface area contributed by atoms with Gasteiger partial charge < -0.3 is 4.98 Å². The zero-order chi connectivity index (χ0) is 33.0. The van der Waals surface area contributed by atoms with Crippen LogP contribution in [0, 0.1) is 0 Å². The molecule has 0 aliphatic carbocycles. The molecule has 0 saturated carbocycles. The van der Waals surface area contributed by atoms with Crippen LogP contribution in [-0.2, 0) is 0 Å². The van der Waals surface area contributed by atoms with E-state index in [1.54, 1.807) is 0 Å². The molecular formula is C45H29N5. The molecule has 8 bridgehead atoms. The summed E-state index contributed by atoms with van der Waals surface area (Å²) in [5, 5.41) is 2.26. The summed E-state index contributed by atoms with van der Waals surface area (Å²) in [5.74, 6) is 1.49. The smallest absolute Gasteiger partial charge is 0.162 e. The van der Waals surface area contributed by atoms with Crippen molar-refractivity contribution >= 4 is 39.0 Å². The number of aromatic nitrogens is 4. The average Bonchev–Trinajstić information content (AvgIpc) is 3.58. The van der Waals surface area contributed by atoms with E-state index in [-0.39, 0.29) is 0 Å². The van der Waals surface area contributed by atoms with Crippen LogP contribution in [0.25, 0.3) is 78.1 Å². The fourth-order valence-electron chi connectivity index (χ4n) is 7.25. The van der Waals surface area contributed by atoms with Gasteiger partial charge in [0.15, 0.2) is 5.82 Å². The molecule has 0 unspecified atom stereocenters. The number of pyridine rings is 1. The normalized spacial score (nSPS) is 12.0. The monoisotopic (exact) mass is 639 g/mol. The van der Waals surface area contributed by atoms with Crippen LogP contribution in [0.5, 0.6) is 0 Å². The van der Waals surface area contributed by atoms with E-state index in [1.165, 1.54) is 0 Å². The molecule has 0 saturated heterocycles. The lowest BCUT2D eigenvalue weighted by Crippen LogP contribution is -2.13. The van der Waals surface area contributed by atoms with E-state index < -0.39 is 0 Å². The molecule has 5 heteroatoms. The van der Waals surface area contributed by atoms with Crippen LogP contribution in [0.1, 0.15) is 0 Å². The number of nitrogens with zero attached hydrogens (tertiary/aromatic N) is 4. The van der Waals surface area contributed by atoms with Gasteiger partial charge in [-0.05, 0) is 48.0 Å². The molecule has 0 atom stereocenters. The number of para-hydroxylation sites is 3. The molecule has 9 aromatic rings. The van der Waals surface area contributed by atoms with Crippen molar-refractivity contribution in [2.24, 2.45) is 0 Å². The Kier molecular flexibility index (Phi) is 6.42. The van der Waals surface area contributed by atoms with Gasteiger partial charge in [-0.25, -0.2) is 15.0 Å². The molecule has 0 spiro atoms. The first kappa shape index (κ1) is 28.2. The summed E-state index contributed by atoms with van der Waals surface area (Å²) >= 11 is 0. The summed E-state index contributed by atoms with van der Waals surface area (Å²) < 4.78 is 0. The minimum Gasteiger partial charge on any atom is -0.353 e. The van der Waals surface area contributed by atoms with Crippen LogP contribution < -0.4 is 4.90 Å². The summed E-state index contributed by atoms with van der Waals surface area (Å²) in [5.41, 5.74) is 12.9. The van der Waals surface area contributed by atoms with E-state index in [2.05, 4.69) is 174 Å². The number of H-pyrrole nitrogens is 1. The predicted octanol–water partition coefficient (Wildman–Crippen LogP) is 11.6. The lowest BCUT2D eigenvalue weighted by molar-refractivity contribution is 1.17. The summed E-state index contributed by atoms with van der Waals surface area (Å²) in [6, 6.07) is 59.2. The van der Waals surface area contributed by atoms with Gasteiger partial charge in [0.2, 0.25) is 0 Å². The van der Waals surface area contributed by atoms with Crippen molar-refractivity contribution in [3.63, 3.8) is 0 Å². The number of nitrogens with one attached hydrogen (secondary N) is 1. The third-order valence-electron chi connectivity index (χ3n) is 9.57. The summed E-state index contributed by atoms with van der Waals surface area (Å²) in [7, 11) is 0. The first-order valence-corrected chi connectivity index (χ1v) is 16.8. The molecule has 5 nitrogen and oxygen atoms in total. The molecule has 0 fully saturated rings. The van der Waals surface area contributed by atoms with Crippen molar-refractivity contribution < 1.29 is 0 Å². The Morgan fingerprint density at radius 2 is 1.00 bits per heavy atom. The van der Waals surface area contributed by atoms with E-state index in [9.17, 15) is 0 Å². The Balaban J connectivity index is 1.32. The highest BCUT2D eigenvalue weighted by molar-refractivity contribution is 6.15. The van der Waals surface area contributed by atoms with E-state index in [4.69, 9.17) is 15.0 Å². The number of anilines is 3. The van der Waals surface area contributed by atoms with E-state index in [0.29, 0.717) is 5.82 Å². The second-order valence-electron chi connectivity index (χ2n) is 12.6. The Morgan fingerprint density at radius 1 is 0.400 bits per heavy atom. The molecule has 10 rings (SSSR count). The molecule has 234 valence electrons. The number of fused-ring (bicyclic) bond motifs is 10. The third kappa shape index (κ3) is 4.60. The summed E-state index contributed by atoms with van der Waals surface area (Å²) in [4.78, 5) is 21.9. The van der Waals surface area contributed by atoms with Gasteiger partial charge in [-0.1, -0.05) is 127 Å². The maximum atomic E-state index is 5.40. The lowest BCUT2D eigenvalue weighted by atomic mass is 10.0. The van der Waals surface area contributed by atoms with Gasteiger partial charge in [-0.2, -0.15) is 0 Å². The lowest BCUT2D eigenvalue weighted by Gasteiger charge is -2.27. The largest absolute Gasteiger partial charge is 0.353 e. The van der Waals surface area contributed by atoms with Gasteiger partial charge in [0.1, 0.15) is 5.82 Å². The highest BCUT2D eigenvalue weighted by atomic mass is 15.2. The van der Waals surface area contributed by atoms with Crippen molar-refractivity contribution in [3.8, 4) is 56.3 Å². The van der Waals surface area contributed by atoms with E-state index in [1.807, 2.05) is 6.07 Å². The van der Waals surface area contributed by atoms with Gasteiger partial charge in [0.25, 0.3) is 0 Å². The molecule has 1 aliphatic rings. The molecule has 50 heavy (non-hydrogen) atoms. The van der Waals surface area contributed by atoms with Crippen LogP contribution in [0.3, 0.4) is 0 Å². The second kappa shape index (κ2) is 11.4. The third-order valence-corrected chi connectivity index (χ3v) is 9.57. The minimum atomic E-state index is 0.672. The van der Waals surface area contributed by atoms with Crippen molar-refractivity contribution in [3.05, 3.63) is 170 Å². The second-order valence-corrected chi connectivity index (χ2v) is 12.6. The fraction of sp³-hybridized carbons (Fsp3) is 0. The topological polar surface area (TPSA) is 57.7 Å². The quantitative estimate of drug-likeness (QED) is 0.209. The molecule has 4 heterocycles. The summed E-state index contributed by atoms with van der Waals surface area (Å²) in [6.07, 6.45) is 0. The van der Waals surface area contributed by atoms with E-state index in [0.717, 1.165) is 89.5 Å². The molecule has 3 aromatic heterocycles. The minimum absolute atomic E-state index is 0.672. The Morgan fingerprint density at radius 3 is 1.80 bits per heavy atom. The molecule has 1 N–H and O–H groups in total. The molecule has 0 radical (unpaired) electrons. The van der Waals surface area contributed by atoms with Crippen molar-refractivity contribution in [2.75, 3.05) is 4.90 Å². The van der Waals surface area contributed by atoms with Crippen molar-refractivity contribution in [1.29, 1.82) is 0 Å². The number of hydrogen-bond acceptors (Lipinski definition) is 4. The van der Waals surface area contributed by atoms with Crippen LogP contribution in [0.15, 0.2) is 170 Å². The van der Waals surface area contributed by atoms with Crippen LogP contribution in [-0.4, -0.2) is 19.9 Å².